The molecule has 0 aliphatic carbocycles. The van der Waals surface area contributed by atoms with Gasteiger partial charge in [-0.15, -0.1) is 0 Å². The lowest BCUT2D eigenvalue weighted by molar-refractivity contribution is -0.136. The smallest absolute Gasteiger partial charge is 0.418 e. The molecule has 12 nitrogen and oxygen atoms in total. The van der Waals surface area contributed by atoms with E-state index in [0.717, 1.165) is 21.8 Å². The van der Waals surface area contributed by atoms with Crippen LogP contribution in [0.1, 0.15) is 22.8 Å². The number of nitrogens with zero attached hydrogens (tertiary/aromatic N) is 5. The Bertz CT molecular complexity index is 1380. The first-order valence-corrected chi connectivity index (χ1v) is 11.6. The van der Waals surface area contributed by atoms with Crippen LogP contribution in [0.3, 0.4) is 0 Å². The van der Waals surface area contributed by atoms with E-state index in [-0.39, 0.29) is 42.4 Å². The monoisotopic (exact) mass is 555 g/mol. The molecule has 2 amide bonds. The Morgan fingerprint density at radius 3 is 2.64 bits per heavy atom. The molecule has 3 atom stereocenters. The number of likely N-dealkylation sites (tertiary alicyclic amines) is 1. The first-order chi connectivity index (χ1) is 18.4. The van der Waals surface area contributed by atoms with E-state index >= 15 is 0 Å². The van der Waals surface area contributed by atoms with Crippen molar-refractivity contribution in [2.24, 2.45) is 0 Å². The quantitative estimate of drug-likeness (QED) is 0.420. The number of ether oxygens (including phenoxy) is 3. The van der Waals surface area contributed by atoms with Crippen LogP contribution in [-0.2, 0) is 15.7 Å². The average Bonchev–Trinajstić information content (AvgIpc) is 3.45. The molecule has 1 aliphatic heterocycles. The van der Waals surface area contributed by atoms with Crippen LogP contribution >= 0.6 is 0 Å². The largest absolute Gasteiger partial charge is 0.480 e. The minimum atomic E-state index is -4.77. The molecular formula is C23H25F4N7O5. The van der Waals surface area contributed by atoms with Crippen molar-refractivity contribution in [3.63, 3.8) is 0 Å². The van der Waals surface area contributed by atoms with Gasteiger partial charge in [-0.25, -0.2) is 23.7 Å². The van der Waals surface area contributed by atoms with E-state index < -0.39 is 53.4 Å². The molecule has 210 valence electrons. The number of methoxy groups -OCH3 is 2. The highest BCUT2D eigenvalue weighted by Crippen LogP contribution is 2.39. The first kappa shape index (κ1) is 27.8. The van der Waals surface area contributed by atoms with Crippen LogP contribution in [0, 0.1) is 0 Å². The van der Waals surface area contributed by atoms with Crippen LogP contribution in [0.5, 0.6) is 5.88 Å². The number of fused-ring (bicyclic) bond motifs is 1. The van der Waals surface area contributed by atoms with Crippen molar-refractivity contribution in [2.45, 2.75) is 31.4 Å². The summed E-state index contributed by atoms with van der Waals surface area (Å²) in [4.78, 5) is 34.3. The molecule has 39 heavy (non-hydrogen) atoms. The summed E-state index contributed by atoms with van der Waals surface area (Å²) in [6.45, 7) is 1.29. The van der Waals surface area contributed by atoms with Gasteiger partial charge in [0.15, 0.2) is 5.82 Å². The standard InChI is InChI=1S/C23H25F4N7O5/c1-11(9-37-2)39-22(36)33-7-15(24)16(8-33)32-20(35)13-4-12(6-29-21(13)38-3)17-5-14(23(25,26)27)18-19(28)30-10-31-34(17)18/h4-6,10-11,15-16H,7-9H2,1-3H3,(H,32,35)(H2,28,30,31)/t11?,15-,16+/m0/s1. The number of hydrogen-bond acceptors (Lipinski definition) is 9. The second-order valence-electron chi connectivity index (χ2n) is 8.78. The van der Waals surface area contributed by atoms with Crippen molar-refractivity contribution in [3.8, 4) is 17.1 Å². The minimum absolute atomic E-state index is 0.0704. The number of rotatable bonds is 7. The van der Waals surface area contributed by atoms with E-state index in [1.165, 1.54) is 26.5 Å². The number of nitrogens with one attached hydrogen (secondary N) is 1. The lowest BCUT2D eigenvalue weighted by atomic mass is 10.1. The zero-order valence-electron chi connectivity index (χ0n) is 21.0. The molecule has 0 saturated carbocycles. The van der Waals surface area contributed by atoms with Gasteiger partial charge < -0.3 is 30.2 Å². The zero-order chi connectivity index (χ0) is 28.5. The highest BCUT2D eigenvalue weighted by Gasteiger charge is 2.39. The van der Waals surface area contributed by atoms with Gasteiger partial charge in [-0.2, -0.15) is 18.3 Å². The first-order valence-electron chi connectivity index (χ1n) is 11.6. The number of hydrogen-bond donors (Lipinski definition) is 2. The molecular weight excluding hydrogens is 530 g/mol. The molecule has 3 aromatic heterocycles. The predicted octanol–water partition coefficient (Wildman–Crippen LogP) is 2.32. The Labute approximate surface area is 219 Å². The lowest BCUT2D eigenvalue weighted by Crippen LogP contribution is -2.42. The molecule has 3 aromatic rings. The van der Waals surface area contributed by atoms with Crippen molar-refractivity contribution in [2.75, 3.05) is 39.6 Å². The van der Waals surface area contributed by atoms with Crippen LogP contribution in [0.4, 0.5) is 28.2 Å². The van der Waals surface area contributed by atoms with Gasteiger partial charge in [0.1, 0.15) is 29.7 Å². The average molecular weight is 555 g/mol. The number of halogens is 4. The molecule has 1 unspecified atom stereocenters. The summed E-state index contributed by atoms with van der Waals surface area (Å²) < 4.78 is 72.1. The summed E-state index contributed by atoms with van der Waals surface area (Å²) in [5, 5.41) is 6.38. The Kier molecular flexibility index (Phi) is 7.76. The Morgan fingerprint density at radius 2 is 1.97 bits per heavy atom. The number of carbonyl (C=O) groups excluding carboxylic acids is 2. The van der Waals surface area contributed by atoms with Crippen molar-refractivity contribution in [1.82, 2.24) is 29.8 Å². The van der Waals surface area contributed by atoms with E-state index in [9.17, 15) is 27.2 Å². The minimum Gasteiger partial charge on any atom is -0.480 e. The molecule has 16 heteroatoms. The molecule has 4 heterocycles. The topological polar surface area (TPSA) is 146 Å². The molecule has 1 fully saturated rings. The number of aromatic nitrogens is 4. The predicted molar refractivity (Wildman–Crippen MR) is 128 cm³/mol. The number of nitrogen functional groups attached to an aromatic ring is 1. The highest BCUT2D eigenvalue weighted by molar-refractivity contribution is 5.98. The maximum atomic E-state index is 14.7. The van der Waals surface area contributed by atoms with Crippen molar-refractivity contribution in [3.05, 3.63) is 35.8 Å². The van der Waals surface area contributed by atoms with Crippen LogP contribution in [0.2, 0.25) is 0 Å². The van der Waals surface area contributed by atoms with Gasteiger partial charge in [0.2, 0.25) is 5.88 Å². The maximum absolute atomic E-state index is 14.7. The number of carbonyl (C=O) groups is 2. The van der Waals surface area contributed by atoms with Gasteiger partial charge in [0.05, 0.1) is 37.6 Å². The fourth-order valence-corrected chi connectivity index (χ4v) is 4.22. The molecule has 0 spiro atoms. The Balaban J connectivity index is 1.61. The number of amides is 2. The summed E-state index contributed by atoms with van der Waals surface area (Å²) in [5.74, 6) is -1.36. The molecule has 0 aromatic carbocycles. The maximum Gasteiger partial charge on any atom is 0.418 e. The molecule has 0 radical (unpaired) electrons. The highest BCUT2D eigenvalue weighted by atomic mass is 19.4. The van der Waals surface area contributed by atoms with E-state index in [1.807, 2.05) is 0 Å². The third-order valence-corrected chi connectivity index (χ3v) is 6.00. The molecule has 1 saturated heterocycles. The summed E-state index contributed by atoms with van der Waals surface area (Å²) in [6, 6.07) is 0.964. The van der Waals surface area contributed by atoms with Crippen molar-refractivity contribution < 1.29 is 41.4 Å². The van der Waals surface area contributed by atoms with Gasteiger partial charge in [0.25, 0.3) is 5.91 Å². The Morgan fingerprint density at radius 1 is 1.23 bits per heavy atom. The van der Waals surface area contributed by atoms with Gasteiger partial charge in [0, 0.05) is 25.4 Å². The van der Waals surface area contributed by atoms with Crippen LogP contribution < -0.4 is 15.8 Å². The van der Waals surface area contributed by atoms with Crippen LogP contribution in [-0.4, -0.2) is 88.7 Å². The summed E-state index contributed by atoms with van der Waals surface area (Å²) >= 11 is 0. The van der Waals surface area contributed by atoms with E-state index in [2.05, 4.69) is 20.4 Å². The van der Waals surface area contributed by atoms with Crippen molar-refractivity contribution >= 4 is 23.3 Å². The SMILES string of the molecule is COCC(C)OC(=O)N1C[C@H](F)[C@H](NC(=O)c2cc(-c3cc(C(F)(F)F)c4c(N)ncnn34)cnc2OC)C1. The number of alkyl halides is 4. The summed E-state index contributed by atoms with van der Waals surface area (Å²) in [6.07, 6.45) is -5.51. The second-order valence-corrected chi connectivity index (χ2v) is 8.78. The van der Waals surface area contributed by atoms with E-state index in [1.54, 1.807) is 6.92 Å². The third kappa shape index (κ3) is 5.64. The normalized spacial score (nSPS) is 18.3. The number of pyridine rings is 1. The van der Waals surface area contributed by atoms with E-state index in [4.69, 9.17) is 19.9 Å². The number of anilines is 1. The molecule has 4 rings (SSSR count). The fourth-order valence-electron chi connectivity index (χ4n) is 4.22. The summed E-state index contributed by atoms with van der Waals surface area (Å²) in [5.41, 5.74) is 3.99. The lowest BCUT2D eigenvalue weighted by Gasteiger charge is -2.19. The van der Waals surface area contributed by atoms with E-state index in [0.29, 0.717) is 0 Å². The summed E-state index contributed by atoms with van der Waals surface area (Å²) in [7, 11) is 2.69. The van der Waals surface area contributed by atoms with Gasteiger partial charge in [-0.1, -0.05) is 0 Å². The second kappa shape index (κ2) is 10.9. The molecule has 3 N–H and O–H groups in total. The number of nitrogens with two attached hydrogens (primary N) is 1. The molecule has 0 bridgehead atoms. The third-order valence-electron chi connectivity index (χ3n) is 6.00. The Hall–Kier alpha value is -4.21. The van der Waals surface area contributed by atoms with Gasteiger partial charge in [-0.05, 0) is 19.1 Å². The van der Waals surface area contributed by atoms with Crippen LogP contribution in [0.25, 0.3) is 16.8 Å². The molecule has 1 aliphatic rings. The fraction of sp³-hybridized carbons (Fsp3) is 0.435. The van der Waals surface area contributed by atoms with Crippen molar-refractivity contribution in [1.29, 1.82) is 0 Å². The zero-order valence-corrected chi connectivity index (χ0v) is 21.0. The van der Waals surface area contributed by atoms with Crippen LogP contribution in [0.15, 0.2) is 24.7 Å². The van der Waals surface area contributed by atoms with Gasteiger partial charge >= 0.3 is 12.3 Å². The van der Waals surface area contributed by atoms with Gasteiger partial charge in [-0.3, -0.25) is 4.79 Å².